The first kappa shape index (κ1) is 27.1. The lowest BCUT2D eigenvalue weighted by molar-refractivity contribution is -0.144. The highest BCUT2D eigenvalue weighted by molar-refractivity contribution is 5.94. The van der Waals surface area contributed by atoms with Gasteiger partial charge in [0.05, 0.1) is 18.6 Å². The molecule has 0 aromatic heterocycles. The number of rotatable bonds is 7. The van der Waals surface area contributed by atoms with E-state index in [0.717, 1.165) is 11.1 Å². The number of carbonyl (C=O) groups excluding carboxylic acids is 4. The first-order valence-electron chi connectivity index (χ1n) is 13.0. The highest BCUT2D eigenvalue weighted by Crippen LogP contribution is 2.31. The quantitative estimate of drug-likeness (QED) is 0.434. The molecule has 38 heavy (non-hydrogen) atoms. The van der Waals surface area contributed by atoms with E-state index in [2.05, 4.69) is 16.0 Å². The fraction of sp³-hybridized carbons (Fsp3) is 0.429. The Morgan fingerprint density at radius 1 is 0.947 bits per heavy atom. The third-order valence-corrected chi connectivity index (χ3v) is 7.50. The molecule has 2 aromatic rings. The molecule has 5 amide bonds. The maximum Gasteiger partial charge on any atom is 0.314 e. The van der Waals surface area contributed by atoms with E-state index in [0.29, 0.717) is 25.8 Å². The highest BCUT2D eigenvalue weighted by Gasteiger charge is 2.45. The van der Waals surface area contributed by atoms with Gasteiger partial charge < -0.3 is 31.5 Å². The molecule has 2 heterocycles. The number of nitrogens with one attached hydrogen (secondary N) is 3. The Bertz CT molecular complexity index is 1110. The average Bonchev–Trinajstić information content (AvgIpc) is 3.35. The molecule has 10 heteroatoms. The molecule has 4 rings (SSSR count). The zero-order chi connectivity index (χ0) is 27.2. The van der Waals surface area contributed by atoms with Crippen LogP contribution in [0.3, 0.4) is 0 Å². The molecule has 0 aliphatic carbocycles. The molecule has 2 aromatic carbocycles. The van der Waals surface area contributed by atoms with Crippen molar-refractivity contribution in [3.05, 3.63) is 71.8 Å². The molecule has 10 nitrogen and oxygen atoms in total. The van der Waals surface area contributed by atoms with Crippen LogP contribution < -0.4 is 21.7 Å². The lowest BCUT2D eigenvalue weighted by atomic mass is 9.98. The molecule has 0 spiro atoms. The number of nitrogens with two attached hydrogens (primary N) is 1. The summed E-state index contributed by atoms with van der Waals surface area (Å²) in [6.07, 6.45) is 1.61. The summed E-state index contributed by atoms with van der Waals surface area (Å²) in [4.78, 5) is 55.4. The molecule has 202 valence electrons. The summed E-state index contributed by atoms with van der Waals surface area (Å²) in [5, 5.41) is 8.79. The van der Waals surface area contributed by atoms with Crippen molar-refractivity contribution in [2.45, 2.75) is 56.4 Å². The van der Waals surface area contributed by atoms with Crippen LogP contribution in [0.2, 0.25) is 0 Å². The Morgan fingerprint density at radius 2 is 1.55 bits per heavy atom. The van der Waals surface area contributed by atoms with Crippen LogP contribution in [-0.2, 0) is 14.4 Å². The van der Waals surface area contributed by atoms with Crippen LogP contribution in [0.15, 0.2) is 60.7 Å². The number of hydrogen-bond acceptors (Lipinski definition) is 5. The Kier molecular flexibility index (Phi) is 8.62. The number of nitrogens with zero attached hydrogens (tertiary/aromatic N) is 2. The first-order valence-corrected chi connectivity index (χ1v) is 13.0. The second kappa shape index (κ2) is 12.1. The maximum atomic E-state index is 13.9. The third kappa shape index (κ3) is 5.96. The predicted octanol–water partition coefficient (Wildman–Crippen LogP) is 1.13. The van der Waals surface area contributed by atoms with Gasteiger partial charge >= 0.3 is 6.03 Å². The largest absolute Gasteiger partial charge is 0.351 e. The lowest BCUT2D eigenvalue weighted by Crippen LogP contribution is -2.62. The van der Waals surface area contributed by atoms with Crippen LogP contribution in [0, 0.1) is 0 Å². The summed E-state index contributed by atoms with van der Waals surface area (Å²) < 4.78 is 0. The van der Waals surface area contributed by atoms with Crippen molar-refractivity contribution in [2.24, 2.45) is 5.73 Å². The normalized spacial score (nSPS) is 22.3. The van der Waals surface area contributed by atoms with Gasteiger partial charge in [-0.2, -0.15) is 0 Å². The number of carbonyl (C=O) groups is 4. The maximum absolute atomic E-state index is 13.9. The molecule has 4 atom stereocenters. The van der Waals surface area contributed by atoms with E-state index in [4.69, 9.17) is 5.73 Å². The molecule has 2 fully saturated rings. The number of benzene rings is 2. The molecule has 1 unspecified atom stereocenters. The van der Waals surface area contributed by atoms with Gasteiger partial charge in [0.15, 0.2) is 0 Å². The lowest BCUT2D eigenvalue weighted by Gasteiger charge is -2.38. The van der Waals surface area contributed by atoms with Gasteiger partial charge in [-0.25, -0.2) is 4.79 Å². The van der Waals surface area contributed by atoms with Crippen molar-refractivity contribution in [3.8, 4) is 0 Å². The second-order valence-electron chi connectivity index (χ2n) is 9.90. The van der Waals surface area contributed by atoms with Crippen LogP contribution in [-0.4, -0.2) is 77.9 Å². The van der Waals surface area contributed by atoms with Gasteiger partial charge in [-0.15, -0.1) is 0 Å². The Morgan fingerprint density at radius 3 is 2.11 bits per heavy atom. The van der Waals surface area contributed by atoms with E-state index in [1.54, 1.807) is 18.9 Å². The SMILES string of the molecule is CN[C@@H](C)C(=O)N[C@H]1CN(C(N)=O)CC[C@H]2CCC(C(=O)NC(c3ccccc3)c3ccccc3)N2C1=O. The molecule has 5 N–H and O–H groups in total. The average molecular weight is 521 g/mol. The number of fused-ring (bicyclic) bond motifs is 1. The van der Waals surface area contributed by atoms with E-state index in [-0.39, 0.29) is 36.3 Å². The van der Waals surface area contributed by atoms with E-state index >= 15 is 0 Å². The van der Waals surface area contributed by atoms with Crippen molar-refractivity contribution in [3.63, 3.8) is 0 Å². The monoisotopic (exact) mass is 520 g/mol. The second-order valence-corrected chi connectivity index (χ2v) is 9.90. The minimum atomic E-state index is -1.01. The van der Waals surface area contributed by atoms with Gasteiger partial charge in [0.25, 0.3) is 0 Å². The predicted molar refractivity (Wildman–Crippen MR) is 143 cm³/mol. The minimum absolute atomic E-state index is 0.0510. The Balaban J connectivity index is 1.60. The van der Waals surface area contributed by atoms with E-state index in [1.165, 1.54) is 4.90 Å². The number of amides is 5. The van der Waals surface area contributed by atoms with Crippen LogP contribution in [0.4, 0.5) is 4.79 Å². The summed E-state index contributed by atoms with van der Waals surface area (Å²) in [5.41, 5.74) is 7.43. The van der Waals surface area contributed by atoms with E-state index in [1.807, 2.05) is 60.7 Å². The molecular weight excluding hydrogens is 484 g/mol. The molecule has 2 saturated heterocycles. The van der Waals surface area contributed by atoms with Gasteiger partial charge in [0.1, 0.15) is 12.1 Å². The summed E-state index contributed by atoms with van der Waals surface area (Å²) in [6, 6.07) is 15.9. The van der Waals surface area contributed by atoms with E-state index < -0.39 is 24.2 Å². The zero-order valence-electron chi connectivity index (χ0n) is 21.8. The van der Waals surface area contributed by atoms with Crippen molar-refractivity contribution in [2.75, 3.05) is 20.1 Å². The summed E-state index contributed by atoms with van der Waals surface area (Å²) in [6.45, 7) is 1.96. The van der Waals surface area contributed by atoms with Gasteiger partial charge in [-0.1, -0.05) is 60.7 Å². The smallest absolute Gasteiger partial charge is 0.314 e. The number of primary amides is 1. The molecule has 0 saturated carbocycles. The summed E-state index contributed by atoms with van der Waals surface area (Å²) >= 11 is 0. The number of likely N-dealkylation sites (N-methyl/N-ethyl adjacent to an activating group) is 1. The molecule has 0 radical (unpaired) electrons. The van der Waals surface area contributed by atoms with Gasteiger partial charge in [-0.3, -0.25) is 14.4 Å². The van der Waals surface area contributed by atoms with Crippen molar-refractivity contribution in [1.82, 2.24) is 25.8 Å². The van der Waals surface area contributed by atoms with Crippen molar-refractivity contribution < 1.29 is 19.2 Å². The van der Waals surface area contributed by atoms with Gasteiger partial charge in [-0.05, 0) is 44.4 Å². The van der Waals surface area contributed by atoms with Gasteiger partial charge in [0.2, 0.25) is 17.7 Å². The first-order chi connectivity index (χ1) is 18.3. The zero-order valence-corrected chi connectivity index (χ0v) is 21.8. The number of hydrogen-bond donors (Lipinski definition) is 4. The number of urea groups is 1. The Hall–Kier alpha value is -3.92. The minimum Gasteiger partial charge on any atom is -0.351 e. The standard InChI is InChI=1S/C28H36N6O4/c1-18(30-2)25(35)31-22-17-33(28(29)38)16-15-21-13-14-23(34(21)27(22)37)26(36)32-24(19-9-5-3-6-10-19)20-11-7-4-8-12-20/h3-12,18,21-24,30H,13-17H2,1-2H3,(H2,29,38)(H,31,35)(H,32,36)/t18-,21+,22-,23?/m0/s1. The highest BCUT2D eigenvalue weighted by atomic mass is 16.2. The topological polar surface area (TPSA) is 137 Å². The fourth-order valence-corrected chi connectivity index (χ4v) is 5.26. The fourth-order valence-electron chi connectivity index (χ4n) is 5.26. The van der Waals surface area contributed by atoms with Gasteiger partial charge in [0, 0.05) is 12.6 Å². The third-order valence-electron chi connectivity index (χ3n) is 7.50. The summed E-state index contributed by atoms with van der Waals surface area (Å²) in [7, 11) is 1.65. The van der Waals surface area contributed by atoms with Crippen molar-refractivity contribution in [1.29, 1.82) is 0 Å². The van der Waals surface area contributed by atoms with Crippen LogP contribution >= 0.6 is 0 Å². The molecule has 2 aliphatic rings. The van der Waals surface area contributed by atoms with Crippen molar-refractivity contribution >= 4 is 23.8 Å². The van der Waals surface area contributed by atoms with Crippen LogP contribution in [0.25, 0.3) is 0 Å². The van der Waals surface area contributed by atoms with E-state index in [9.17, 15) is 19.2 Å². The molecule has 0 bridgehead atoms. The summed E-state index contributed by atoms with van der Waals surface area (Å²) in [5.74, 6) is -1.01. The van der Waals surface area contributed by atoms with Crippen LogP contribution in [0.1, 0.15) is 43.4 Å². The van der Waals surface area contributed by atoms with Crippen LogP contribution in [0.5, 0.6) is 0 Å². The molecule has 2 aliphatic heterocycles. The molecular formula is C28H36N6O4. The Labute approximate surface area is 222 Å².